The van der Waals surface area contributed by atoms with Gasteiger partial charge in [0.15, 0.2) is 0 Å². The van der Waals surface area contributed by atoms with Crippen molar-refractivity contribution >= 4 is 24.6 Å². The predicted octanol–water partition coefficient (Wildman–Crippen LogP) is 2.83. The van der Waals surface area contributed by atoms with Gasteiger partial charge in [-0.1, -0.05) is 12.1 Å². The van der Waals surface area contributed by atoms with Crippen LogP contribution in [0.3, 0.4) is 0 Å². The van der Waals surface area contributed by atoms with Crippen LogP contribution in [0.25, 0.3) is 0 Å². The first kappa shape index (κ1) is 27.9. The van der Waals surface area contributed by atoms with Gasteiger partial charge >= 0.3 is 13.2 Å². The highest BCUT2D eigenvalue weighted by atomic mass is 16.7. The number of carbonyl (C=O) groups excluding carboxylic acids is 2. The molecule has 2 amide bonds. The van der Waals surface area contributed by atoms with E-state index in [0.29, 0.717) is 39.3 Å². The normalized spacial score (nSPS) is 23.1. The average Bonchev–Trinajstić information content (AvgIpc) is 3.03. The first-order valence-corrected chi connectivity index (χ1v) is 13.1. The van der Waals surface area contributed by atoms with E-state index in [4.69, 9.17) is 23.5 Å². The summed E-state index contributed by atoms with van der Waals surface area (Å²) in [5.74, 6) is -0.0574. The van der Waals surface area contributed by atoms with Crippen molar-refractivity contribution in [3.8, 4) is 0 Å². The Hall–Kier alpha value is -2.14. The molecule has 4 rings (SSSR count). The monoisotopic (exact) mass is 516 g/mol. The van der Waals surface area contributed by atoms with Gasteiger partial charge in [0.1, 0.15) is 12.2 Å². The number of rotatable bonds is 4. The quantitative estimate of drug-likeness (QED) is 0.569. The van der Waals surface area contributed by atoms with E-state index in [0.717, 1.165) is 22.2 Å². The molecule has 2 fully saturated rings. The smallest absolute Gasteiger partial charge is 0.444 e. The SMILES string of the molecule is COCC(=O)N1CCc2cc(B3OC(C)(C)C(C)(C)O3)cc([C@@H]3COCCN3C(=O)OC(C)(C)C)c2C1. The van der Waals surface area contributed by atoms with Crippen LogP contribution in [0.5, 0.6) is 0 Å². The van der Waals surface area contributed by atoms with E-state index in [1.807, 2.05) is 53.4 Å². The van der Waals surface area contributed by atoms with Crippen molar-refractivity contribution in [3.63, 3.8) is 0 Å². The lowest BCUT2D eigenvalue weighted by molar-refractivity contribution is -0.136. The Morgan fingerprint density at radius 1 is 1.11 bits per heavy atom. The van der Waals surface area contributed by atoms with Gasteiger partial charge in [-0.25, -0.2) is 4.79 Å². The zero-order chi connectivity index (χ0) is 27.2. The fourth-order valence-electron chi connectivity index (χ4n) is 4.96. The predicted molar refractivity (Wildman–Crippen MR) is 140 cm³/mol. The van der Waals surface area contributed by atoms with Crippen LogP contribution in [0.1, 0.15) is 71.2 Å². The fraction of sp³-hybridized carbons (Fsp3) is 0.704. The molecule has 0 aromatic heterocycles. The summed E-state index contributed by atoms with van der Waals surface area (Å²) in [6.07, 6.45) is 0.309. The Morgan fingerprint density at radius 2 is 1.78 bits per heavy atom. The Morgan fingerprint density at radius 3 is 2.41 bits per heavy atom. The standard InChI is InChI=1S/C27H41BN2O7/c1-25(2,3)35-24(32)30-11-12-34-16-22(30)20-14-19(28-36-26(4,5)27(6,7)37-28)13-18-9-10-29(15-21(18)20)23(31)17-33-8/h13-14,22H,9-12,15-17H2,1-8H3/t22-/m0/s1. The zero-order valence-corrected chi connectivity index (χ0v) is 23.5. The molecule has 3 heterocycles. The lowest BCUT2D eigenvalue weighted by Crippen LogP contribution is -2.47. The Kier molecular flexibility index (Phi) is 7.69. The number of ether oxygens (including phenoxy) is 3. The molecule has 0 radical (unpaired) electrons. The Bertz CT molecular complexity index is 1020. The fourth-order valence-corrected chi connectivity index (χ4v) is 4.96. The lowest BCUT2D eigenvalue weighted by atomic mass is 9.74. The number of fused-ring (bicyclic) bond motifs is 1. The molecule has 0 N–H and O–H groups in total. The molecule has 1 aromatic rings. The summed E-state index contributed by atoms with van der Waals surface area (Å²) in [5.41, 5.74) is 2.41. The molecule has 0 spiro atoms. The van der Waals surface area contributed by atoms with Crippen molar-refractivity contribution < 1.29 is 33.1 Å². The molecule has 0 unspecified atom stereocenters. The summed E-state index contributed by atoms with van der Waals surface area (Å²) in [7, 11) is 0.984. The van der Waals surface area contributed by atoms with Gasteiger partial charge in [-0.15, -0.1) is 0 Å². The molecular weight excluding hydrogens is 475 g/mol. The van der Waals surface area contributed by atoms with E-state index in [2.05, 4.69) is 12.1 Å². The van der Waals surface area contributed by atoms with Gasteiger partial charge in [0.25, 0.3) is 0 Å². The molecule has 10 heteroatoms. The second kappa shape index (κ2) is 10.2. The summed E-state index contributed by atoms with van der Waals surface area (Å²) in [6.45, 7) is 16.0. The second-order valence-electron chi connectivity index (χ2n) is 12.1. The number of carbonyl (C=O) groups is 2. The van der Waals surface area contributed by atoms with Gasteiger partial charge < -0.3 is 28.4 Å². The lowest BCUT2D eigenvalue weighted by Gasteiger charge is -2.39. The van der Waals surface area contributed by atoms with Crippen LogP contribution < -0.4 is 5.46 Å². The van der Waals surface area contributed by atoms with Crippen LogP contribution in [0.15, 0.2) is 12.1 Å². The highest BCUT2D eigenvalue weighted by Gasteiger charge is 2.52. The summed E-state index contributed by atoms with van der Waals surface area (Å²) < 4.78 is 29.5. The van der Waals surface area contributed by atoms with E-state index in [1.165, 1.54) is 7.11 Å². The number of amides is 2. The Labute approximate surface area is 220 Å². The number of morpholine rings is 1. The number of hydrogen-bond acceptors (Lipinski definition) is 7. The first-order valence-electron chi connectivity index (χ1n) is 13.1. The van der Waals surface area contributed by atoms with Gasteiger partial charge in [-0.2, -0.15) is 0 Å². The minimum absolute atomic E-state index is 0.0350. The highest BCUT2D eigenvalue weighted by Crippen LogP contribution is 2.38. The van der Waals surface area contributed by atoms with Crippen molar-refractivity contribution in [1.29, 1.82) is 0 Å². The minimum Gasteiger partial charge on any atom is -0.444 e. The number of nitrogens with zero attached hydrogens (tertiary/aromatic N) is 2. The second-order valence-corrected chi connectivity index (χ2v) is 12.1. The number of methoxy groups -OCH3 is 1. The highest BCUT2D eigenvalue weighted by molar-refractivity contribution is 6.62. The summed E-state index contributed by atoms with van der Waals surface area (Å²) in [5, 5.41) is 0. The van der Waals surface area contributed by atoms with Gasteiger partial charge in [-0.05, 0) is 77.0 Å². The van der Waals surface area contributed by atoms with Crippen molar-refractivity contribution in [3.05, 3.63) is 28.8 Å². The van der Waals surface area contributed by atoms with E-state index < -0.39 is 23.9 Å². The van der Waals surface area contributed by atoms with Crippen LogP contribution in [0.4, 0.5) is 4.79 Å². The zero-order valence-electron chi connectivity index (χ0n) is 23.5. The third-order valence-electron chi connectivity index (χ3n) is 7.66. The number of benzene rings is 1. The molecule has 3 aliphatic heterocycles. The molecule has 1 atom stereocenters. The van der Waals surface area contributed by atoms with Gasteiger partial charge in [0.05, 0.1) is 30.5 Å². The minimum atomic E-state index is -0.618. The van der Waals surface area contributed by atoms with E-state index in [9.17, 15) is 9.59 Å². The van der Waals surface area contributed by atoms with Crippen LogP contribution in [0.2, 0.25) is 0 Å². The molecule has 1 aromatic carbocycles. The maximum absolute atomic E-state index is 13.3. The first-order chi connectivity index (χ1) is 17.2. The van der Waals surface area contributed by atoms with Crippen LogP contribution in [-0.4, -0.2) is 85.7 Å². The molecule has 0 aliphatic carbocycles. The van der Waals surface area contributed by atoms with Crippen LogP contribution in [0, 0.1) is 0 Å². The molecule has 9 nitrogen and oxygen atoms in total. The maximum Gasteiger partial charge on any atom is 0.494 e. The van der Waals surface area contributed by atoms with Crippen molar-refractivity contribution in [2.24, 2.45) is 0 Å². The van der Waals surface area contributed by atoms with Gasteiger partial charge in [0, 0.05) is 26.7 Å². The van der Waals surface area contributed by atoms with E-state index >= 15 is 0 Å². The summed E-state index contributed by atoms with van der Waals surface area (Å²) >= 11 is 0. The van der Waals surface area contributed by atoms with Crippen molar-refractivity contribution in [1.82, 2.24) is 9.80 Å². The molecule has 0 bridgehead atoms. The molecule has 3 aliphatic rings. The van der Waals surface area contributed by atoms with Crippen molar-refractivity contribution in [2.45, 2.75) is 84.3 Å². The summed E-state index contributed by atoms with van der Waals surface area (Å²) in [6, 6.07) is 3.82. The summed E-state index contributed by atoms with van der Waals surface area (Å²) in [4.78, 5) is 29.5. The van der Waals surface area contributed by atoms with Gasteiger partial charge in [0.2, 0.25) is 5.91 Å². The van der Waals surface area contributed by atoms with E-state index in [-0.39, 0.29) is 24.6 Å². The number of hydrogen-bond donors (Lipinski definition) is 0. The van der Waals surface area contributed by atoms with Crippen molar-refractivity contribution in [2.75, 3.05) is 40.0 Å². The molecule has 0 saturated carbocycles. The topological polar surface area (TPSA) is 86.8 Å². The maximum atomic E-state index is 13.3. The van der Waals surface area contributed by atoms with E-state index in [1.54, 1.807) is 4.90 Å². The molecular formula is C27H41BN2O7. The molecule has 37 heavy (non-hydrogen) atoms. The third-order valence-corrected chi connectivity index (χ3v) is 7.66. The van der Waals surface area contributed by atoms with Gasteiger partial charge in [-0.3, -0.25) is 9.69 Å². The largest absolute Gasteiger partial charge is 0.494 e. The average molecular weight is 516 g/mol. The van der Waals surface area contributed by atoms with Crippen LogP contribution >= 0.6 is 0 Å². The van der Waals surface area contributed by atoms with Crippen LogP contribution in [-0.2, 0) is 41.3 Å². The Balaban J connectivity index is 1.76. The molecule has 204 valence electrons. The molecule has 2 saturated heterocycles. The third kappa shape index (κ3) is 5.82.